The van der Waals surface area contributed by atoms with Crippen LogP contribution in [0.15, 0.2) is 71.9 Å². The first kappa shape index (κ1) is 50.0. The number of aryl methyl sites for hydroxylation is 2. The Morgan fingerprint density at radius 1 is 0.932 bits per heavy atom. The lowest BCUT2D eigenvalue weighted by Gasteiger charge is -2.39. The van der Waals surface area contributed by atoms with Crippen molar-refractivity contribution in [3.63, 3.8) is 0 Å². The molecule has 2 saturated heterocycles. The number of hydrogen-bond donors (Lipinski definition) is 3. The summed E-state index contributed by atoms with van der Waals surface area (Å²) in [6.07, 6.45) is 10.3. The van der Waals surface area contributed by atoms with E-state index < -0.39 is 29.8 Å². The second-order valence-electron chi connectivity index (χ2n) is 23.0. The number of aromatic nitrogens is 4. The molecule has 16 heteroatoms. The van der Waals surface area contributed by atoms with Crippen LogP contribution >= 0.6 is 22.9 Å². The smallest absolute Gasteiger partial charge is 0.248 e. The van der Waals surface area contributed by atoms with Crippen LogP contribution in [-0.2, 0) is 15.0 Å². The van der Waals surface area contributed by atoms with Crippen molar-refractivity contribution in [2.24, 2.45) is 16.3 Å². The molecular formula is C57H71ClN10O4S. The van der Waals surface area contributed by atoms with Crippen molar-refractivity contribution in [2.75, 3.05) is 49.1 Å². The number of thiazole rings is 1. The predicted octanol–water partition coefficient (Wildman–Crippen LogP) is 9.95. The summed E-state index contributed by atoms with van der Waals surface area (Å²) in [7, 11) is 0. The standard InChI is InChI=1S/C57H71ClN10O4S/c1-34(38-17-19-40(20-18-38)50-35(2)59-36(3)73-50)60-52(70)48-30-42(69)32-66(48)54(72)51(56(4,5)6)67-33-45(62-63-67)39-15-13-37(14-16-39)31-64-25-27-65(28-26-64)41-21-22-43-47(29-41)68-46-12-10-11-44(58)49(46)53(71)61-55(68)57(43)23-8-7-9-24-57/h10-12,17-22,29,33-34,37,39,42,48,51,53,69,71H,7-9,13-16,23-28,30-32H2,1-6H3,(H,60,70)/t34-,37?,39?,42+,48-,51+,53?/m0/s1. The molecule has 1 spiro atoms. The minimum absolute atomic E-state index is 0.0859. The maximum Gasteiger partial charge on any atom is 0.248 e. The van der Waals surface area contributed by atoms with Crippen LogP contribution in [-0.4, -0.2) is 109 Å². The van der Waals surface area contributed by atoms with E-state index >= 15 is 0 Å². The Morgan fingerprint density at radius 3 is 2.37 bits per heavy atom. The molecule has 3 aromatic carbocycles. The number of nitrogens with one attached hydrogen (secondary N) is 1. The molecule has 2 amide bonds. The number of amidine groups is 1. The topological polar surface area (TPSA) is 156 Å². The van der Waals surface area contributed by atoms with Crippen LogP contribution in [0.1, 0.15) is 149 Å². The number of β-amino-alcohol motifs (C(OH)–C–C–N with tert-alkyl or cyclic N) is 1. The molecule has 1 unspecified atom stereocenters. The van der Waals surface area contributed by atoms with Crippen molar-refractivity contribution >= 4 is 57.6 Å². The molecule has 14 nitrogen and oxygen atoms in total. The quantitative estimate of drug-likeness (QED) is 0.123. The van der Waals surface area contributed by atoms with Crippen molar-refractivity contribution in [3.8, 4) is 10.4 Å². The molecule has 5 atom stereocenters. The van der Waals surface area contributed by atoms with Gasteiger partial charge in [0, 0.05) is 69.1 Å². The van der Waals surface area contributed by atoms with E-state index in [1.54, 1.807) is 20.9 Å². The Morgan fingerprint density at radius 2 is 1.67 bits per heavy atom. The van der Waals surface area contributed by atoms with E-state index in [0.29, 0.717) is 16.5 Å². The Hall–Kier alpha value is -5.19. The maximum absolute atomic E-state index is 14.7. The molecule has 2 saturated carbocycles. The summed E-state index contributed by atoms with van der Waals surface area (Å²) in [6, 6.07) is 19.3. The van der Waals surface area contributed by atoms with E-state index in [4.69, 9.17) is 16.6 Å². The Kier molecular flexibility index (Phi) is 13.6. The second-order valence-corrected chi connectivity index (χ2v) is 24.6. The fourth-order valence-electron chi connectivity index (χ4n) is 13.2. The van der Waals surface area contributed by atoms with Crippen molar-refractivity contribution in [3.05, 3.63) is 105 Å². The van der Waals surface area contributed by atoms with Gasteiger partial charge in [-0.1, -0.05) is 93.2 Å². The van der Waals surface area contributed by atoms with Gasteiger partial charge in [-0.2, -0.15) is 0 Å². The van der Waals surface area contributed by atoms with Crippen LogP contribution in [0.25, 0.3) is 10.4 Å². The fraction of sp³-hybridized carbons (Fsp3) is 0.544. The molecule has 0 bridgehead atoms. The Balaban J connectivity index is 0.697. The number of fused-ring (bicyclic) bond motifs is 7. The van der Waals surface area contributed by atoms with Gasteiger partial charge in [-0.15, -0.1) is 16.4 Å². The molecule has 386 valence electrons. The average Bonchev–Trinajstić information content (AvgIpc) is 4.16. The molecule has 2 aliphatic carbocycles. The second kappa shape index (κ2) is 19.8. The molecule has 5 aromatic rings. The van der Waals surface area contributed by atoms with Crippen LogP contribution in [0, 0.1) is 25.2 Å². The predicted molar refractivity (Wildman–Crippen MR) is 289 cm³/mol. The zero-order chi connectivity index (χ0) is 50.9. The number of piperazine rings is 1. The Bertz CT molecular complexity index is 2890. The zero-order valence-corrected chi connectivity index (χ0v) is 44.8. The summed E-state index contributed by atoms with van der Waals surface area (Å²) in [5, 5.41) is 36.2. The minimum atomic E-state index is -0.964. The highest BCUT2D eigenvalue weighted by Gasteiger charge is 2.52. The van der Waals surface area contributed by atoms with Gasteiger partial charge in [0.1, 0.15) is 17.9 Å². The average molecular weight is 1030 g/mol. The largest absolute Gasteiger partial charge is 0.391 e. The highest BCUT2D eigenvalue weighted by Crippen LogP contribution is 2.57. The minimum Gasteiger partial charge on any atom is -0.391 e. The molecule has 4 aliphatic heterocycles. The summed E-state index contributed by atoms with van der Waals surface area (Å²) in [5.74, 6) is 1.34. The van der Waals surface area contributed by atoms with Crippen molar-refractivity contribution in [1.29, 1.82) is 0 Å². The number of carbonyl (C=O) groups is 2. The first-order valence-corrected chi connectivity index (χ1v) is 28.0. The van der Waals surface area contributed by atoms with Gasteiger partial charge in [0.15, 0.2) is 6.23 Å². The summed E-state index contributed by atoms with van der Waals surface area (Å²) in [5.41, 5.74) is 8.60. The summed E-state index contributed by atoms with van der Waals surface area (Å²) in [4.78, 5) is 48.4. The van der Waals surface area contributed by atoms with E-state index in [0.717, 1.165) is 128 Å². The van der Waals surface area contributed by atoms with Crippen LogP contribution in [0.2, 0.25) is 5.02 Å². The highest BCUT2D eigenvalue weighted by molar-refractivity contribution is 7.15. The number of benzene rings is 3. The van der Waals surface area contributed by atoms with E-state index in [1.807, 2.05) is 72.0 Å². The molecule has 11 rings (SSSR count). The highest BCUT2D eigenvalue weighted by atomic mass is 35.5. The van der Waals surface area contributed by atoms with Gasteiger partial charge in [0.05, 0.1) is 55.2 Å². The molecular weight excluding hydrogens is 956 g/mol. The van der Waals surface area contributed by atoms with E-state index in [9.17, 15) is 19.8 Å². The molecule has 4 fully saturated rings. The lowest BCUT2D eigenvalue weighted by atomic mass is 9.69. The van der Waals surface area contributed by atoms with Gasteiger partial charge in [-0.05, 0) is 112 Å². The first-order chi connectivity index (χ1) is 35.1. The van der Waals surface area contributed by atoms with Crippen LogP contribution in [0.5, 0.6) is 0 Å². The third-order valence-corrected chi connectivity index (χ3v) is 18.5. The van der Waals surface area contributed by atoms with Gasteiger partial charge < -0.3 is 25.3 Å². The van der Waals surface area contributed by atoms with Gasteiger partial charge in [-0.25, -0.2) is 14.7 Å². The van der Waals surface area contributed by atoms with E-state index in [-0.39, 0.29) is 42.2 Å². The van der Waals surface area contributed by atoms with Gasteiger partial charge in [0.25, 0.3) is 0 Å². The summed E-state index contributed by atoms with van der Waals surface area (Å²) >= 11 is 8.37. The Labute approximate surface area is 438 Å². The fourth-order valence-corrected chi connectivity index (χ4v) is 14.4. The molecule has 73 heavy (non-hydrogen) atoms. The number of amides is 2. The number of halogens is 1. The number of rotatable bonds is 10. The zero-order valence-electron chi connectivity index (χ0n) is 43.2. The van der Waals surface area contributed by atoms with Crippen molar-refractivity contribution < 1.29 is 19.8 Å². The number of carbonyl (C=O) groups excluding carboxylic acids is 2. The molecule has 6 heterocycles. The summed E-state index contributed by atoms with van der Waals surface area (Å²) < 4.78 is 1.71. The van der Waals surface area contributed by atoms with Gasteiger partial charge in [0.2, 0.25) is 11.8 Å². The number of aliphatic hydroxyl groups excluding tert-OH is 2. The van der Waals surface area contributed by atoms with E-state index in [2.05, 4.69) is 71.7 Å². The maximum atomic E-state index is 14.7. The lowest BCUT2D eigenvalue weighted by molar-refractivity contribution is -0.144. The number of anilines is 3. The van der Waals surface area contributed by atoms with Crippen molar-refractivity contribution in [2.45, 2.75) is 148 Å². The van der Waals surface area contributed by atoms with Crippen LogP contribution in [0.4, 0.5) is 17.1 Å². The molecule has 6 aliphatic rings. The number of nitrogens with zero attached hydrogens (tertiary/aromatic N) is 9. The van der Waals surface area contributed by atoms with Gasteiger partial charge in [-0.3, -0.25) is 19.4 Å². The number of likely N-dealkylation sites (tertiary alicyclic amines) is 1. The summed E-state index contributed by atoms with van der Waals surface area (Å²) in [6.45, 7) is 17.1. The molecule has 0 radical (unpaired) electrons. The molecule has 3 N–H and O–H groups in total. The number of hydrogen-bond acceptors (Lipinski definition) is 12. The van der Waals surface area contributed by atoms with Crippen LogP contribution in [0.3, 0.4) is 0 Å². The normalized spacial score (nSPS) is 24.8. The molecule has 2 aromatic heterocycles. The SMILES string of the molecule is Cc1nc(C)c(-c2ccc([C@H](C)NC(=O)[C@@H]3C[C@@H](O)CN3C(=O)[C@@H](n3cc(C4CCC(CN5CCN(c6ccc7c(c6)N6C(=NC(O)c8c(Cl)cccc86)C76CCCCC6)CC5)CC4)nn3)C(C)(C)C)cc2)s1. The third-order valence-electron chi connectivity index (χ3n) is 17.0. The first-order valence-electron chi connectivity index (χ1n) is 26.8. The third kappa shape index (κ3) is 9.40. The lowest BCUT2D eigenvalue weighted by Crippen LogP contribution is -2.50. The van der Waals surface area contributed by atoms with E-state index in [1.165, 1.54) is 23.4 Å². The van der Waals surface area contributed by atoms with Crippen molar-refractivity contribution in [1.82, 2.24) is 35.1 Å². The number of aliphatic imine (C=N–C) groups is 1. The van der Waals surface area contributed by atoms with Crippen LogP contribution < -0.4 is 15.1 Å². The monoisotopic (exact) mass is 1030 g/mol. The number of aliphatic hydroxyl groups is 2. The van der Waals surface area contributed by atoms with Gasteiger partial charge >= 0.3 is 0 Å².